The van der Waals surface area contributed by atoms with Crippen LogP contribution < -0.4 is 14.5 Å². The molecule has 2 saturated heterocycles. The fraction of sp³-hybridized carbons (Fsp3) is 0.440. The van der Waals surface area contributed by atoms with E-state index in [2.05, 4.69) is 4.31 Å². The minimum absolute atomic E-state index is 0.0495. The van der Waals surface area contributed by atoms with E-state index in [0.717, 1.165) is 29.0 Å². The number of benzene rings is 2. The predicted molar refractivity (Wildman–Crippen MR) is 135 cm³/mol. The lowest BCUT2D eigenvalue weighted by atomic mass is 10.1. The molecule has 0 atom stereocenters. The van der Waals surface area contributed by atoms with E-state index in [1.165, 1.54) is 17.0 Å². The van der Waals surface area contributed by atoms with Gasteiger partial charge in [-0.05, 0) is 55.5 Å². The largest absolute Gasteiger partial charge is 0.420 e. The summed E-state index contributed by atoms with van der Waals surface area (Å²) in [4.78, 5) is 29.2. The number of amides is 3. The van der Waals surface area contributed by atoms with Gasteiger partial charge in [0, 0.05) is 45.0 Å². The molecule has 2 aromatic carbocycles. The summed E-state index contributed by atoms with van der Waals surface area (Å²) in [5, 5.41) is 0. The average Bonchev–Trinajstić information content (AvgIpc) is 3.28. The van der Waals surface area contributed by atoms with Gasteiger partial charge in [0.15, 0.2) is 5.75 Å². The van der Waals surface area contributed by atoms with E-state index in [1.807, 2.05) is 6.26 Å². The first kappa shape index (κ1) is 29.8. The van der Waals surface area contributed by atoms with E-state index in [1.54, 1.807) is 11.9 Å². The summed E-state index contributed by atoms with van der Waals surface area (Å²) in [7, 11) is 1.14. The van der Waals surface area contributed by atoms with Crippen LogP contribution in [0.1, 0.15) is 24.0 Å². The summed E-state index contributed by atoms with van der Waals surface area (Å²) in [6.07, 6.45) is -8.86. The van der Waals surface area contributed by atoms with E-state index in [0.29, 0.717) is 32.0 Å². The maximum atomic E-state index is 14.1. The van der Waals surface area contributed by atoms with Gasteiger partial charge in [0.25, 0.3) is 0 Å². The second-order valence-electron chi connectivity index (χ2n) is 9.24. The van der Waals surface area contributed by atoms with Gasteiger partial charge in [0.1, 0.15) is 11.4 Å². The molecule has 0 bridgehead atoms. The van der Waals surface area contributed by atoms with Crippen molar-refractivity contribution in [1.82, 2.24) is 9.21 Å². The highest BCUT2D eigenvalue weighted by Crippen LogP contribution is 2.47. The molecule has 0 saturated carbocycles. The Morgan fingerprint density at radius 3 is 2.15 bits per heavy atom. The van der Waals surface area contributed by atoms with E-state index in [4.69, 9.17) is 4.74 Å². The molecule has 2 fully saturated rings. The number of carbonyl (C=O) groups excluding carboxylic acids is 2. The highest BCUT2D eigenvalue weighted by molar-refractivity contribution is 7.96. The molecule has 0 N–H and O–H groups in total. The smallest absolute Gasteiger partial charge is 0.407 e. The van der Waals surface area contributed by atoms with Gasteiger partial charge in [0.2, 0.25) is 0 Å². The zero-order valence-electron chi connectivity index (χ0n) is 21.4. The van der Waals surface area contributed by atoms with Gasteiger partial charge in [0.05, 0.1) is 11.3 Å². The third-order valence-electron chi connectivity index (χ3n) is 6.83. The summed E-state index contributed by atoms with van der Waals surface area (Å²) >= 11 is 1.54. The maximum Gasteiger partial charge on any atom is 0.420 e. The van der Waals surface area contributed by atoms with Crippen LogP contribution in [-0.2, 0) is 12.4 Å². The van der Waals surface area contributed by atoms with Crippen LogP contribution >= 0.6 is 11.9 Å². The summed E-state index contributed by atoms with van der Waals surface area (Å²) < 4.78 is 104. The van der Waals surface area contributed by atoms with Crippen LogP contribution in [0.3, 0.4) is 0 Å². The van der Waals surface area contributed by atoms with Crippen molar-refractivity contribution in [3.8, 4) is 5.75 Å². The SMILES string of the molecule is CSN1CCC(N2CCN(c3cc(C(F)(F)F)cc(C(F)(F)F)c3OC(=O)N(C)c3ccc(F)cc3)C2=O)CC1. The zero-order valence-corrected chi connectivity index (χ0v) is 22.2. The van der Waals surface area contributed by atoms with Crippen molar-refractivity contribution >= 4 is 35.4 Å². The van der Waals surface area contributed by atoms with Gasteiger partial charge in [-0.15, -0.1) is 0 Å². The molecule has 0 spiro atoms. The lowest BCUT2D eigenvalue weighted by Gasteiger charge is -2.35. The Labute approximate surface area is 229 Å². The third-order valence-corrected chi connectivity index (χ3v) is 7.72. The van der Waals surface area contributed by atoms with Crippen molar-refractivity contribution in [1.29, 1.82) is 0 Å². The molecule has 2 aromatic rings. The third kappa shape index (κ3) is 6.24. The van der Waals surface area contributed by atoms with Crippen molar-refractivity contribution in [3.63, 3.8) is 0 Å². The first-order valence-electron chi connectivity index (χ1n) is 12.1. The van der Waals surface area contributed by atoms with Crippen LogP contribution in [-0.4, -0.2) is 66.9 Å². The monoisotopic (exact) mass is 594 g/mol. The fourth-order valence-electron chi connectivity index (χ4n) is 4.67. The Bertz CT molecular complexity index is 1250. The summed E-state index contributed by atoms with van der Waals surface area (Å²) in [6, 6.07) is 3.55. The molecular formula is C25H25F7N4O3S. The molecule has 40 heavy (non-hydrogen) atoms. The number of hydrogen-bond donors (Lipinski definition) is 0. The van der Waals surface area contributed by atoms with Crippen LogP contribution in [0.4, 0.5) is 51.7 Å². The topological polar surface area (TPSA) is 56.3 Å². The van der Waals surface area contributed by atoms with Crippen LogP contribution in [0.15, 0.2) is 36.4 Å². The van der Waals surface area contributed by atoms with Crippen molar-refractivity contribution in [2.75, 3.05) is 49.3 Å². The molecule has 0 aliphatic carbocycles. The molecule has 0 radical (unpaired) electrons. The normalized spacial score (nSPS) is 17.5. The van der Waals surface area contributed by atoms with Crippen molar-refractivity contribution in [2.45, 2.75) is 31.2 Å². The molecule has 2 aliphatic heterocycles. The standard InChI is InChI=1S/C25H25F7N4O3S/c1-33(17-5-3-16(26)4-6-17)23(38)39-21-19(25(30,31)32)13-15(24(27,28)29)14-20(21)36-12-11-35(22(36)37)18-7-9-34(40-2)10-8-18/h3-6,13-14,18H,7-12H2,1-2H3. The van der Waals surface area contributed by atoms with E-state index < -0.39 is 52.9 Å². The zero-order chi connectivity index (χ0) is 29.4. The van der Waals surface area contributed by atoms with Crippen LogP contribution in [0.5, 0.6) is 5.75 Å². The van der Waals surface area contributed by atoms with Crippen molar-refractivity contribution in [3.05, 3.63) is 53.3 Å². The summed E-state index contributed by atoms with van der Waals surface area (Å²) in [6.45, 7) is 1.19. The second-order valence-corrected chi connectivity index (χ2v) is 10.1. The average molecular weight is 595 g/mol. The number of halogens is 7. The molecule has 4 rings (SSSR count). The quantitative estimate of drug-likeness (QED) is 0.293. The van der Waals surface area contributed by atoms with Crippen LogP contribution in [0.2, 0.25) is 0 Å². The number of rotatable bonds is 5. The predicted octanol–water partition coefficient (Wildman–Crippen LogP) is 6.48. The molecule has 3 amide bonds. The van der Waals surface area contributed by atoms with Gasteiger partial charge in [-0.1, -0.05) is 11.9 Å². The number of ether oxygens (including phenoxy) is 1. The highest BCUT2D eigenvalue weighted by atomic mass is 32.2. The number of hydrogen-bond acceptors (Lipinski definition) is 5. The Balaban J connectivity index is 1.73. The Hall–Kier alpha value is -3.20. The number of anilines is 2. The van der Waals surface area contributed by atoms with Gasteiger partial charge >= 0.3 is 24.5 Å². The number of piperidine rings is 1. The molecule has 15 heteroatoms. The molecule has 2 aliphatic rings. The van der Waals surface area contributed by atoms with Gasteiger partial charge in [-0.25, -0.2) is 14.0 Å². The number of carbonyl (C=O) groups is 2. The number of alkyl halides is 6. The first-order chi connectivity index (χ1) is 18.7. The van der Waals surface area contributed by atoms with Crippen LogP contribution in [0.25, 0.3) is 0 Å². The Kier molecular flexibility index (Phi) is 8.45. The number of nitrogens with zero attached hydrogens (tertiary/aromatic N) is 4. The molecule has 2 heterocycles. The van der Waals surface area contributed by atoms with Crippen molar-refractivity contribution < 1.29 is 45.1 Å². The van der Waals surface area contributed by atoms with Crippen LogP contribution in [0, 0.1) is 5.82 Å². The van der Waals surface area contributed by atoms with Gasteiger partial charge < -0.3 is 9.64 Å². The Morgan fingerprint density at radius 2 is 1.60 bits per heavy atom. The van der Waals surface area contributed by atoms with Gasteiger partial charge in [-0.3, -0.25) is 14.1 Å². The van der Waals surface area contributed by atoms with E-state index >= 15 is 0 Å². The highest BCUT2D eigenvalue weighted by Gasteiger charge is 2.45. The molecule has 218 valence electrons. The lowest BCUT2D eigenvalue weighted by Crippen LogP contribution is -2.45. The molecular weight excluding hydrogens is 569 g/mol. The molecule has 0 unspecified atom stereocenters. The molecule has 7 nitrogen and oxygen atoms in total. The summed E-state index contributed by atoms with van der Waals surface area (Å²) in [5.41, 5.74) is -4.29. The van der Waals surface area contributed by atoms with E-state index in [-0.39, 0.29) is 30.9 Å². The number of urea groups is 1. The Morgan fingerprint density at radius 1 is 0.975 bits per heavy atom. The maximum absolute atomic E-state index is 14.1. The summed E-state index contributed by atoms with van der Waals surface area (Å²) in [5.74, 6) is -1.86. The lowest BCUT2D eigenvalue weighted by molar-refractivity contribution is -0.143. The van der Waals surface area contributed by atoms with Gasteiger partial charge in [-0.2, -0.15) is 26.3 Å². The van der Waals surface area contributed by atoms with Crippen molar-refractivity contribution in [2.24, 2.45) is 0 Å². The van der Waals surface area contributed by atoms with E-state index in [9.17, 15) is 40.3 Å². The first-order valence-corrected chi connectivity index (χ1v) is 13.3. The minimum atomic E-state index is -5.37. The molecule has 0 aromatic heterocycles. The fourth-order valence-corrected chi connectivity index (χ4v) is 5.25. The second kappa shape index (κ2) is 11.4. The minimum Gasteiger partial charge on any atom is -0.407 e.